The second kappa shape index (κ2) is 9.04. The van der Waals surface area contributed by atoms with Crippen molar-refractivity contribution in [3.63, 3.8) is 0 Å². The number of thioether (sulfide) groups is 1. The van der Waals surface area contributed by atoms with Gasteiger partial charge in [-0.3, -0.25) is 0 Å². The van der Waals surface area contributed by atoms with Gasteiger partial charge in [0.15, 0.2) is 0 Å². The molecule has 0 radical (unpaired) electrons. The van der Waals surface area contributed by atoms with Crippen molar-refractivity contribution in [2.75, 3.05) is 12.9 Å². The van der Waals surface area contributed by atoms with Crippen molar-refractivity contribution in [2.24, 2.45) is 5.92 Å². The SMILES string of the molecule is CCOC(=O)/C(=C/CC1CCCCC1)c1ccc(SC)cc1. The van der Waals surface area contributed by atoms with Crippen LogP contribution >= 0.6 is 11.8 Å². The van der Waals surface area contributed by atoms with E-state index in [-0.39, 0.29) is 5.97 Å². The fourth-order valence-corrected chi connectivity index (χ4v) is 3.41. The molecule has 0 N–H and O–H groups in total. The molecule has 0 aliphatic heterocycles. The average molecular weight is 318 g/mol. The zero-order chi connectivity index (χ0) is 15.8. The highest BCUT2D eigenvalue weighted by Crippen LogP contribution is 2.29. The standard InChI is InChI=1S/C19H26O2S/c1-3-21-19(20)18(14-9-15-7-5-4-6-8-15)16-10-12-17(22-2)13-11-16/h10-15H,3-9H2,1-2H3/b18-14+. The Balaban J connectivity index is 2.15. The Labute approximate surface area is 138 Å². The van der Waals surface area contributed by atoms with Crippen LogP contribution in [0.1, 0.15) is 51.0 Å². The van der Waals surface area contributed by atoms with Gasteiger partial charge in [0.05, 0.1) is 12.2 Å². The van der Waals surface area contributed by atoms with Crippen LogP contribution in [0.3, 0.4) is 0 Å². The zero-order valence-corrected chi connectivity index (χ0v) is 14.5. The molecule has 0 amide bonds. The first-order chi connectivity index (χ1) is 10.7. The maximum Gasteiger partial charge on any atom is 0.338 e. The Hall–Kier alpha value is -1.22. The third-order valence-electron chi connectivity index (χ3n) is 4.28. The summed E-state index contributed by atoms with van der Waals surface area (Å²) in [6.45, 7) is 2.27. The van der Waals surface area contributed by atoms with Crippen LogP contribution in [0, 0.1) is 5.92 Å². The topological polar surface area (TPSA) is 26.3 Å². The van der Waals surface area contributed by atoms with Crippen molar-refractivity contribution >= 4 is 23.3 Å². The normalized spacial score (nSPS) is 16.5. The summed E-state index contributed by atoms with van der Waals surface area (Å²) in [5, 5.41) is 0. The van der Waals surface area contributed by atoms with Crippen LogP contribution in [0.2, 0.25) is 0 Å². The Morgan fingerprint density at radius 1 is 1.23 bits per heavy atom. The molecule has 0 spiro atoms. The van der Waals surface area contributed by atoms with E-state index in [1.54, 1.807) is 11.8 Å². The highest BCUT2D eigenvalue weighted by Gasteiger charge is 2.16. The molecule has 2 nitrogen and oxygen atoms in total. The van der Waals surface area contributed by atoms with Crippen LogP contribution in [-0.4, -0.2) is 18.8 Å². The molecular formula is C19H26O2S. The fourth-order valence-electron chi connectivity index (χ4n) is 3.01. The largest absolute Gasteiger partial charge is 0.462 e. The third-order valence-corrected chi connectivity index (χ3v) is 5.02. The van der Waals surface area contributed by atoms with E-state index < -0.39 is 0 Å². The Kier molecular flexibility index (Phi) is 7.04. The number of allylic oxidation sites excluding steroid dienone is 1. The molecule has 0 heterocycles. The first kappa shape index (κ1) is 17.1. The molecule has 0 unspecified atom stereocenters. The number of rotatable bonds is 6. The molecule has 1 aromatic rings. The second-order valence-electron chi connectivity index (χ2n) is 5.81. The molecule has 1 aliphatic rings. The van der Waals surface area contributed by atoms with Gasteiger partial charge in [0, 0.05) is 4.90 Å². The molecule has 1 fully saturated rings. The summed E-state index contributed by atoms with van der Waals surface area (Å²) < 4.78 is 5.24. The molecule has 3 heteroatoms. The van der Waals surface area contributed by atoms with Crippen molar-refractivity contribution < 1.29 is 9.53 Å². The molecule has 0 aromatic heterocycles. The summed E-state index contributed by atoms with van der Waals surface area (Å²) in [4.78, 5) is 13.5. The van der Waals surface area contributed by atoms with Gasteiger partial charge in [0.2, 0.25) is 0 Å². The van der Waals surface area contributed by atoms with Crippen LogP contribution in [0.25, 0.3) is 5.57 Å². The van der Waals surface area contributed by atoms with E-state index in [1.807, 2.05) is 19.1 Å². The second-order valence-corrected chi connectivity index (χ2v) is 6.69. The Morgan fingerprint density at radius 2 is 1.91 bits per heavy atom. The van der Waals surface area contributed by atoms with E-state index in [9.17, 15) is 4.79 Å². The summed E-state index contributed by atoms with van der Waals surface area (Å²) >= 11 is 1.71. The number of carbonyl (C=O) groups is 1. The van der Waals surface area contributed by atoms with Gasteiger partial charge in [-0.2, -0.15) is 0 Å². The Morgan fingerprint density at radius 3 is 2.50 bits per heavy atom. The smallest absolute Gasteiger partial charge is 0.338 e. The quantitative estimate of drug-likeness (QED) is 0.403. The van der Waals surface area contributed by atoms with E-state index in [4.69, 9.17) is 4.74 Å². The van der Waals surface area contributed by atoms with Crippen molar-refractivity contribution in [1.29, 1.82) is 0 Å². The van der Waals surface area contributed by atoms with E-state index in [2.05, 4.69) is 24.5 Å². The minimum absolute atomic E-state index is 0.199. The fraction of sp³-hybridized carbons (Fsp3) is 0.526. The predicted molar refractivity (Wildman–Crippen MR) is 94.0 cm³/mol. The number of hydrogen-bond donors (Lipinski definition) is 0. The lowest BCUT2D eigenvalue weighted by Crippen LogP contribution is -2.09. The van der Waals surface area contributed by atoms with E-state index in [1.165, 1.54) is 37.0 Å². The van der Waals surface area contributed by atoms with E-state index >= 15 is 0 Å². The van der Waals surface area contributed by atoms with Gasteiger partial charge in [-0.25, -0.2) is 4.79 Å². The maximum absolute atomic E-state index is 12.3. The molecule has 1 aliphatic carbocycles. The average Bonchev–Trinajstić information content (AvgIpc) is 2.57. The molecule has 0 atom stereocenters. The number of ether oxygens (including phenoxy) is 1. The van der Waals surface area contributed by atoms with Gasteiger partial charge in [-0.15, -0.1) is 11.8 Å². The van der Waals surface area contributed by atoms with Gasteiger partial charge in [0.1, 0.15) is 0 Å². The lowest BCUT2D eigenvalue weighted by molar-refractivity contribution is -0.136. The minimum atomic E-state index is -0.199. The summed E-state index contributed by atoms with van der Waals surface area (Å²) in [5.74, 6) is 0.527. The molecule has 120 valence electrons. The van der Waals surface area contributed by atoms with Crippen molar-refractivity contribution in [3.05, 3.63) is 35.9 Å². The lowest BCUT2D eigenvalue weighted by atomic mass is 9.86. The minimum Gasteiger partial charge on any atom is -0.462 e. The molecule has 22 heavy (non-hydrogen) atoms. The van der Waals surface area contributed by atoms with Crippen LogP contribution in [0.15, 0.2) is 35.2 Å². The van der Waals surface area contributed by atoms with Crippen LogP contribution in [0.4, 0.5) is 0 Å². The molecule has 0 bridgehead atoms. The van der Waals surface area contributed by atoms with Gasteiger partial charge in [-0.05, 0) is 43.2 Å². The van der Waals surface area contributed by atoms with Gasteiger partial charge in [-0.1, -0.05) is 50.3 Å². The monoisotopic (exact) mass is 318 g/mol. The molecule has 1 aromatic carbocycles. The number of benzene rings is 1. The lowest BCUT2D eigenvalue weighted by Gasteiger charge is -2.20. The summed E-state index contributed by atoms with van der Waals surface area (Å²) in [6, 6.07) is 8.17. The summed E-state index contributed by atoms with van der Waals surface area (Å²) in [6.07, 6.45) is 11.7. The molecule has 2 rings (SSSR count). The highest BCUT2D eigenvalue weighted by molar-refractivity contribution is 7.98. The third kappa shape index (κ3) is 4.91. The van der Waals surface area contributed by atoms with Crippen molar-refractivity contribution in [2.45, 2.75) is 50.3 Å². The zero-order valence-electron chi connectivity index (χ0n) is 13.6. The summed E-state index contributed by atoms with van der Waals surface area (Å²) in [7, 11) is 0. The van der Waals surface area contributed by atoms with Crippen molar-refractivity contribution in [1.82, 2.24) is 0 Å². The number of carbonyl (C=O) groups excluding carboxylic acids is 1. The first-order valence-corrected chi connectivity index (χ1v) is 9.48. The predicted octanol–water partition coefficient (Wildman–Crippen LogP) is 5.33. The van der Waals surface area contributed by atoms with Crippen LogP contribution in [-0.2, 0) is 9.53 Å². The van der Waals surface area contributed by atoms with Crippen LogP contribution < -0.4 is 0 Å². The first-order valence-electron chi connectivity index (χ1n) is 8.26. The van der Waals surface area contributed by atoms with Gasteiger partial charge < -0.3 is 4.74 Å². The summed E-state index contributed by atoms with van der Waals surface area (Å²) in [5.41, 5.74) is 1.69. The van der Waals surface area contributed by atoms with Gasteiger partial charge >= 0.3 is 5.97 Å². The van der Waals surface area contributed by atoms with Crippen molar-refractivity contribution in [3.8, 4) is 0 Å². The number of hydrogen-bond acceptors (Lipinski definition) is 3. The number of esters is 1. The van der Waals surface area contributed by atoms with E-state index in [0.717, 1.165) is 23.5 Å². The molecule has 1 saturated carbocycles. The van der Waals surface area contributed by atoms with Gasteiger partial charge in [0.25, 0.3) is 0 Å². The Bertz CT molecular complexity index is 499. The molecular weight excluding hydrogens is 292 g/mol. The maximum atomic E-state index is 12.3. The van der Waals surface area contributed by atoms with Crippen LogP contribution in [0.5, 0.6) is 0 Å². The van der Waals surface area contributed by atoms with E-state index in [0.29, 0.717) is 6.61 Å². The molecule has 0 saturated heterocycles. The highest BCUT2D eigenvalue weighted by atomic mass is 32.2.